The van der Waals surface area contributed by atoms with Crippen LogP contribution in [0.3, 0.4) is 0 Å². The zero-order chi connectivity index (χ0) is 12.1. The Labute approximate surface area is 91.7 Å². The average Bonchev–Trinajstić information content (AvgIpc) is 2.20. The molecule has 0 aromatic carbocycles. The van der Waals surface area contributed by atoms with Crippen molar-refractivity contribution in [3.63, 3.8) is 0 Å². The molecule has 0 fully saturated rings. The Morgan fingerprint density at radius 1 is 1.40 bits per heavy atom. The topological polar surface area (TPSA) is 56.0 Å². The summed E-state index contributed by atoms with van der Waals surface area (Å²) in [5.74, 6) is -0.321. The summed E-state index contributed by atoms with van der Waals surface area (Å²) in [5, 5.41) is 0. The molecule has 0 saturated carbocycles. The molecule has 1 aromatic rings. The molecule has 84 valence electrons. The van der Waals surface area contributed by atoms with Crippen LogP contribution in [-0.4, -0.2) is 10.9 Å². The number of hydrogen-bond donors (Lipinski definition) is 1. The van der Waals surface area contributed by atoms with Gasteiger partial charge in [-0.3, -0.25) is 9.78 Å². The van der Waals surface area contributed by atoms with Crippen molar-refractivity contribution >= 4 is 5.91 Å². The normalized spacial score (nSPS) is 10.2. The van der Waals surface area contributed by atoms with Gasteiger partial charge in [0, 0.05) is 11.9 Å². The molecule has 2 N–H and O–H groups in total. The fourth-order valence-corrected chi connectivity index (χ4v) is 1.08. The van der Waals surface area contributed by atoms with Gasteiger partial charge in [0.05, 0.1) is 5.41 Å². The molecule has 0 spiro atoms. The highest BCUT2D eigenvalue weighted by Gasteiger charge is 2.27. The molecule has 0 radical (unpaired) electrons. The second-order valence-electron chi connectivity index (χ2n) is 3.68. The van der Waals surface area contributed by atoms with Crippen LogP contribution in [0.25, 0.3) is 0 Å². The maximum Gasteiger partial charge on any atom is 0.227 e. The summed E-state index contributed by atoms with van der Waals surface area (Å²) in [4.78, 5) is 15.2. The van der Waals surface area contributed by atoms with E-state index >= 15 is 0 Å². The van der Waals surface area contributed by atoms with Gasteiger partial charge in [-0.2, -0.15) is 0 Å². The molecule has 0 unspecified atom stereocenters. The van der Waals surface area contributed by atoms with Crippen LogP contribution in [0.2, 0.25) is 0 Å². The molecule has 0 saturated heterocycles. The van der Waals surface area contributed by atoms with Gasteiger partial charge in [-0.1, -0.05) is 13.8 Å². The summed E-state index contributed by atoms with van der Waals surface area (Å²) in [7, 11) is 0. The van der Waals surface area contributed by atoms with Crippen molar-refractivity contribution in [2.75, 3.05) is 0 Å². The highest BCUT2D eigenvalue weighted by molar-refractivity contribution is 5.85. The Hall–Kier alpha value is -1.38. The van der Waals surface area contributed by atoms with Crippen LogP contribution in [0.5, 0.6) is 0 Å². The van der Waals surface area contributed by atoms with Crippen molar-refractivity contribution < 1.29 is 4.79 Å². The third-order valence-electron chi connectivity index (χ3n) is 2.23. The summed E-state index contributed by atoms with van der Waals surface area (Å²) in [6, 6.07) is 3.70. The number of nitrogens with zero attached hydrogens (tertiary/aromatic N) is 1. The van der Waals surface area contributed by atoms with E-state index in [1.165, 1.54) is 0 Å². The SMILES string of the molecule is CC.Cc1cc(C(C)(C)C(N)=O)ccn1. The highest BCUT2D eigenvalue weighted by Crippen LogP contribution is 2.22. The quantitative estimate of drug-likeness (QED) is 0.809. The smallest absolute Gasteiger partial charge is 0.227 e. The van der Waals surface area contributed by atoms with Crippen LogP contribution in [-0.2, 0) is 10.2 Å². The Balaban J connectivity index is 0.000000921. The van der Waals surface area contributed by atoms with Crippen molar-refractivity contribution in [3.8, 4) is 0 Å². The van der Waals surface area contributed by atoms with Gasteiger partial charge >= 0.3 is 0 Å². The van der Waals surface area contributed by atoms with Gasteiger partial charge in [-0.05, 0) is 38.5 Å². The minimum atomic E-state index is -0.617. The highest BCUT2D eigenvalue weighted by atomic mass is 16.1. The second-order valence-corrected chi connectivity index (χ2v) is 3.68. The lowest BCUT2D eigenvalue weighted by Crippen LogP contribution is -2.35. The first-order valence-electron chi connectivity index (χ1n) is 5.17. The largest absolute Gasteiger partial charge is 0.369 e. The van der Waals surface area contributed by atoms with E-state index in [2.05, 4.69) is 4.98 Å². The Bertz CT molecular complexity index is 332. The van der Waals surface area contributed by atoms with Gasteiger partial charge < -0.3 is 5.73 Å². The van der Waals surface area contributed by atoms with Gasteiger partial charge in [0.2, 0.25) is 5.91 Å². The summed E-state index contributed by atoms with van der Waals surface area (Å²) in [6.45, 7) is 9.51. The van der Waals surface area contributed by atoms with Crippen molar-refractivity contribution in [1.82, 2.24) is 4.98 Å². The van der Waals surface area contributed by atoms with Crippen LogP contribution < -0.4 is 5.73 Å². The third kappa shape index (κ3) is 3.35. The van der Waals surface area contributed by atoms with Gasteiger partial charge in [-0.25, -0.2) is 0 Å². The molecular weight excluding hydrogens is 188 g/mol. The predicted octanol–water partition coefficient (Wildman–Crippen LogP) is 2.18. The Kier molecular flexibility index (Phi) is 4.98. The van der Waals surface area contributed by atoms with Crippen LogP contribution in [0.4, 0.5) is 0 Å². The molecule has 0 aliphatic carbocycles. The number of rotatable bonds is 2. The number of amides is 1. The van der Waals surface area contributed by atoms with E-state index < -0.39 is 5.41 Å². The van der Waals surface area contributed by atoms with Gasteiger partial charge in [0.1, 0.15) is 0 Å². The maximum absolute atomic E-state index is 11.1. The lowest BCUT2D eigenvalue weighted by atomic mass is 9.84. The van der Waals surface area contributed by atoms with Crippen LogP contribution in [0.15, 0.2) is 18.3 Å². The molecule has 15 heavy (non-hydrogen) atoms. The standard InChI is InChI=1S/C10H14N2O.C2H6/c1-7-6-8(4-5-12-7)10(2,3)9(11)13;1-2/h4-6H,1-3H3,(H2,11,13);1-2H3. The molecule has 3 heteroatoms. The Morgan fingerprint density at radius 2 is 1.93 bits per heavy atom. The molecule has 3 nitrogen and oxygen atoms in total. The van der Waals surface area contributed by atoms with Crippen LogP contribution in [0, 0.1) is 6.92 Å². The minimum absolute atomic E-state index is 0.321. The number of primary amides is 1. The number of nitrogens with two attached hydrogens (primary N) is 1. The number of pyridine rings is 1. The van der Waals surface area contributed by atoms with Crippen molar-refractivity contribution in [2.24, 2.45) is 5.73 Å². The minimum Gasteiger partial charge on any atom is -0.369 e. The van der Waals surface area contributed by atoms with E-state index in [9.17, 15) is 4.79 Å². The van der Waals surface area contributed by atoms with Crippen molar-refractivity contribution in [3.05, 3.63) is 29.6 Å². The van der Waals surface area contributed by atoms with Crippen LogP contribution >= 0.6 is 0 Å². The number of hydrogen-bond acceptors (Lipinski definition) is 2. The Morgan fingerprint density at radius 3 is 2.33 bits per heavy atom. The van der Waals surface area contributed by atoms with E-state index in [0.717, 1.165) is 11.3 Å². The first-order valence-corrected chi connectivity index (χ1v) is 5.17. The van der Waals surface area contributed by atoms with E-state index in [-0.39, 0.29) is 5.91 Å². The molecule has 1 rings (SSSR count). The molecule has 1 heterocycles. The molecule has 0 aliphatic rings. The van der Waals surface area contributed by atoms with E-state index in [1.807, 2.05) is 46.8 Å². The zero-order valence-electron chi connectivity index (χ0n) is 10.2. The number of aromatic nitrogens is 1. The van der Waals surface area contributed by atoms with E-state index in [4.69, 9.17) is 5.73 Å². The molecule has 1 aromatic heterocycles. The maximum atomic E-state index is 11.1. The number of carbonyl (C=O) groups excluding carboxylic acids is 1. The fraction of sp³-hybridized carbons (Fsp3) is 0.500. The van der Waals surface area contributed by atoms with Crippen molar-refractivity contribution in [2.45, 2.75) is 40.0 Å². The lowest BCUT2D eigenvalue weighted by molar-refractivity contribution is -0.122. The zero-order valence-corrected chi connectivity index (χ0v) is 10.2. The second kappa shape index (κ2) is 5.49. The molecule has 0 bridgehead atoms. The molecule has 0 aliphatic heterocycles. The summed E-state index contributed by atoms with van der Waals surface area (Å²) in [6.07, 6.45) is 1.69. The fourth-order valence-electron chi connectivity index (χ4n) is 1.08. The molecule has 0 atom stereocenters. The third-order valence-corrected chi connectivity index (χ3v) is 2.23. The summed E-state index contributed by atoms with van der Waals surface area (Å²) >= 11 is 0. The van der Waals surface area contributed by atoms with Gasteiger partial charge in [-0.15, -0.1) is 0 Å². The molecule has 1 amide bonds. The first-order chi connectivity index (χ1) is 6.94. The van der Waals surface area contributed by atoms with Crippen molar-refractivity contribution in [1.29, 1.82) is 0 Å². The van der Waals surface area contributed by atoms with Gasteiger partial charge in [0.25, 0.3) is 0 Å². The van der Waals surface area contributed by atoms with Gasteiger partial charge in [0.15, 0.2) is 0 Å². The average molecular weight is 208 g/mol. The monoisotopic (exact) mass is 208 g/mol. The van der Waals surface area contributed by atoms with E-state index in [0.29, 0.717) is 0 Å². The molecular formula is C12H20N2O. The van der Waals surface area contributed by atoms with E-state index in [1.54, 1.807) is 6.20 Å². The summed E-state index contributed by atoms with van der Waals surface area (Å²) < 4.78 is 0. The first kappa shape index (κ1) is 13.6. The summed E-state index contributed by atoms with van der Waals surface area (Å²) in [5.41, 5.74) is 6.48. The number of carbonyl (C=O) groups is 1. The van der Waals surface area contributed by atoms with Crippen LogP contribution in [0.1, 0.15) is 39.0 Å². The predicted molar refractivity (Wildman–Crippen MR) is 62.5 cm³/mol. The number of aryl methyl sites for hydroxylation is 1. The lowest BCUT2D eigenvalue weighted by Gasteiger charge is -2.20.